The van der Waals surface area contributed by atoms with Crippen molar-refractivity contribution in [1.82, 2.24) is 4.98 Å². The Kier molecular flexibility index (Phi) is 4.20. The second-order valence-corrected chi connectivity index (χ2v) is 6.13. The second-order valence-electron chi connectivity index (χ2n) is 5.19. The fourth-order valence-electron chi connectivity index (χ4n) is 2.59. The number of nitrogens with zero attached hydrogens (tertiary/aromatic N) is 1. The fourth-order valence-corrected chi connectivity index (χ4v) is 3.37. The van der Waals surface area contributed by atoms with Gasteiger partial charge in [-0.3, -0.25) is 4.79 Å². The molecule has 110 valence electrons. The Morgan fingerprint density at radius 3 is 3.05 bits per heavy atom. The lowest BCUT2D eigenvalue weighted by Crippen LogP contribution is -2.03. The Labute approximate surface area is 127 Å². The number of ether oxygens (including phenoxy) is 1. The normalized spacial score (nSPS) is 13.1. The van der Waals surface area contributed by atoms with Crippen LogP contribution in [0.4, 0.5) is 0 Å². The summed E-state index contributed by atoms with van der Waals surface area (Å²) in [5.74, 6) is 0.0687. The van der Waals surface area contributed by atoms with Crippen molar-refractivity contribution in [2.24, 2.45) is 0 Å². The lowest BCUT2D eigenvalue weighted by molar-refractivity contribution is -0.136. The molecular formula is C16H17NO3S. The number of aryl methyl sites for hydroxylation is 2. The molecular weight excluding hydrogens is 286 g/mol. The van der Waals surface area contributed by atoms with E-state index in [1.807, 2.05) is 6.07 Å². The third-order valence-electron chi connectivity index (χ3n) is 3.59. The van der Waals surface area contributed by atoms with Crippen LogP contribution in [0.25, 0.3) is 0 Å². The number of hydrogen-bond acceptors (Lipinski definition) is 4. The monoisotopic (exact) mass is 303 g/mol. The SMILES string of the molecule is O=C(O)Cc1csc(CCOc2ccc3c(c2)CCC3)n1. The van der Waals surface area contributed by atoms with Crippen molar-refractivity contribution in [2.45, 2.75) is 32.1 Å². The van der Waals surface area contributed by atoms with E-state index in [9.17, 15) is 4.79 Å². The van der Waals surface area contributed by atoms with E-state index < -0.39 is 5.97 Å². The van der Waals surface area contributed by atoms with E-state index >= 15 is 0 Å². The predicted molar refractivity (Wildman–Crippen MR) is 81.1 cm³/mol. The minimum atomic E-state index is -0.846. The molecule has 1 aromatic heterocycles. The van der Waals surface area contributed by atoms with Gasteiger partial charge in [-0.2, -0.15) is 0 Å². The van der Waals surface area contributed by atoms with Gasteiger partial charge in [-0.05, 0) is 42.5 Å². The molecule has 0 aliphatic heterocycles. The van der Waals surface area contributed by atoms with Crippen LogP contribution in [0.3, 0.4) is 0 Å². The first kappa shape index (κ1) is 14.1. The van der Waals surface area contributed by atoms with Gasteiger partial charge >= 0.3 is 5.97 Å². The number of fused-ring (bicyclic) bond motifs is 1. The van der Waals surface area contributed by atoms with Crippen LogP contribution in [-0.2, 0) is 30.5 Å². The van der Waals surface area contributed by atoms with Crippen LogP contribution < -0.4 is 4.74 Å². The van der Waals surface area contributed by atoms with Crippen molar-refractivity contribution >= 4 is 17.3 Å². The number of benzene rings is 1. The summed E-state index contributed by atoms with van der Waals surface area (Å²) in [4.78, 5) is 14.9. The molecule has 0 bridgehead atoms. The van der Waals surface area contributed by atoms with Gasteiger partial charge in [-0.1, -0.05) is 6.07 Å². The number of carboxylic acids is 1. The third kappa shape index (κ3) is 3.61. The number of thiazole rings is 1. The van der Waals surface area contributed by atoms with Crippen molar-refractivity contribution in [1.29, 1.82) is 0 Å². The Morgan fingerprint density at radius 1 is 1.33 bits per heavy atom. The summed E-state index contributed by atoms with van der Waals surface area (Å²) in [5.41, 5.74) is 3.48. The zero-order chi connectivity index (χ0) is 14.7. The quantitative estimate of drug-likeness (QED) is 0.891. The Hall–Kier alpha value is -1.88. The van der Waals surface area contributed by atoms with Crippen LogP contribution in [-0.4, -0.2) is 22.7 Å². The lowest BCUT2D eigenvalue weighted by Gasteiger charge is -2.07. The van der Waals surface area contributed by atoms with Gasteiger partial charge in [0.2, 0.25) is 0 Å². The van der Waals surface area contributed by atoms with E-state index in [1.54, 1.807) is 5.38 Å². The Morgan fingerprint density at radius 2 is 2.19 bits per heavy atom. The predicted octanol–water partition coefficient (Wildman–Crippen LogP) is 2.88. The van der Waals surface area contributed by atoms with E-state index in [0.29, 0.717) is 18.7 Å². The van der Waals surface area contributed by atoms with E-state index in [4.69, 9.17) is 9.84 Å². The van der Waals surface area contributed by atoms with Gasteiger partial charge in [0.05, 0.1) is 23.7 Å². The van der Waals surface area contributed by atoms with Crippen LogP contribution in [0.1, 0.15) is 28.2 Å². The van der Waals surface area contributed by atoms with Gasteiger partial charge in [0, 0.05) is 11.8 Å². The van der Waals surface area contributed by atoms with Crippen LogP contribution in [0, 0.1) is 0 Å². The summed E-state index contributed by atoms with van der Waals surface area (Å²) < 4.78 is 5.78. The van der Waals surface area contributed by atoms with E-state index in [2.05, 4.69) is 17.1 Å². The van der Waals surface area contributed by atoms with Crippen LogP contribution in [0.2, 0.25) is 0 Å². The number of carbonyl (C=O) groups is 1. The number of carboxylic acid groups (broad SMARTS) is 1. The summed E-state index contributed by atoms with van der Waals surface area (Å²) in [6, 6.07) is 6.33. The van der Waals surface area contributed by atoms with Crippen LogP contribution in [0.15, 0.2) is 23.6 Å². The Balaban J connectivity index is 1.51. The van der Waals surface area contributed by atoms with Gasteiger partial charge in [-0.25, -0.2) is 4.98 Å². The van der Waals surface area contributed by atoms with Crippen LogP contribution >= 0.6 is 11.3 Å². The standard InChI is InChI=1S/C16H17NO3S/c18-16(19)9-13-10-21-15(17-13)6-7-20-14-5-4-11-2-1-3-12(11)8-14/h4-5,8,10H,1-3,6-7,9H2,(H,18,19). The maximum absolute atomic E-state index is 10.6. The van der Waals surface area contributed by atoms with Gasteiger partial charge < -0.3 is 9.84 Å². The van der Waals surface area contributed by atoms with Gasteiger partial charge in [0.1, 0.15) is 5.75 Å². The molecule has 3 rings (SSSR count). The molecule has 1 aromatic carbocycles. The maximum Gasteiger partial charge on any atom is 0.309 e. The summed E-state index contributed by atoms with van der Waals surface area (Å²) >= 11 is 1.49. The zero-order valence-corrected chi connectivity index (χ0v) is 12.5. The fraction of sp³-hybridized carbons (Fsp3) is 0.375. The van der Waals surface area contributed by atoms with Crippen molar-refractivity contribution < 1.29 is 14.6 Å². The van der Waals surface area contributed by atoms with Crippen molar-refractivity contribution in [2.75, 3.05) is 6.61 Å². The molecule has 1 heterocycles. The molecule has 4 nitrogen and oxygen atoms in total. The molecule has 0 atom stereocenters. The zero-order valence-electron chi connectivity index (χ0n) is 11.7. The molecule has 1 aliphatic carbocycles. The molecule has 1 aliphatic rings. The third-order valence-corrected chi connectivity index (χ3v) is 4.54. The summed E-state index contributed by atoms with van der Waals surface area (Å²) in [5, 5.41) is 11.4. The van der Waals surface area contributed by atoms with Crippen molar-refractivity contribution in [3.63, 3.8) is 0 Å². The topological polar surface area (TPSA) is 59.4 Å². The van der Waals surface area contributed by atoms with Crippen LogP contribution in [0.5, 0.6) is 5.75 Å². The molecule has 0 saturated heterocycles. The van der Waals surface area contributed by atoms with Gasteiger partial charge in [-0.15, -0.1) is 11.3 Å². The molecule has 2 aromatic rings. The summed E-state index contributed by atoms with van der Waals surface area (Å²) in [6.07, 6.45) is 4.27. The molecule has 0 saturated carbocycles. The average molecular weight is 303 g/mol. The van der Waals surface area contributed by atoms with E-state index in [0.717, 1.165) is 17.2 Å². The number of hydrogen-bond donors (Lipinski definition) is 1. The minimum absolute atomic E-state index is 0.0117. The summed E-state index contributed by atoms with van der Waals surface area (Å²) in [7, 11) is 0. The molecule has 21 heavy (non-hydrogen) atoms. The molecule has 1 N–H and O–H groups in total. The lowest BCUT2D eigenvalue weighted by atomic mass is 10.1. The molecule has 0 unspecified atom stereocenters. The van der Waals surface area contributed by atoms with E-state index in [1.165, 1.54) is 35.3 Å². The smallest absolute Gasteiger partial charge is 0.309 e. The number of aromatic nitrogens is 1. The Bertz CT molecular complexity index is 651. The number of aliphatic carboxylic acids is 1. The average Bonchev–Trinajstić information content (AvgIpc) is 3.06. The molecule has 0 spiro atoms. The van der Waals surface area contributed by atoms with E-state index in [-0.39, 0.29) is 6.42 Å². The molecule has 5 heteroatoms. The highest BCUT2D eigenvalue weighted by Gasteiger charge is 2.11. The van der Waals surface area contributed by atoms with Gasteiger partial charge in [0.15, 0.2) is 0 Å². The first-order chi connectivity index (χ1) is 10.2. The highest BCUT2D eigenvalue weighted by atomic mass is 32.1. The molecule has 0 fully saturated rings. The van der Waals surface area contributed by atoms with Gasteiger partial charge in [0.25, 0.3) is 0 Å². The minimum Gasteiger partial charge on any atom is -0.493 e. The second kappa shape index (κ2) is 6.26. The highest BCUT2D eigenvalue weighted by Crippen LogP contribution is 2.26. The van der Waals surface area contributed by atoms with Crippen molar-refractivity contribution in [3.05, 3.63) is 45.4 Å². The highest BCUT2D eigenvalue weighted by molar-refractivity contribution is 7.09. The molecule has 0 amide bonds. The van der Waals surface area contributed by atoms with Crippen molar-refractivity contribution in [3.8, 4) is 5.75 Å². The summed E-state index contributed by atoms with van der Waals surface area (Å²) in [6.45, 7) is 0.568. The number of rotatable bonds is 6. The maximum atomic E-state index is 10.6. The molecule has 0 radical (unpaired) electrons. The first-order valence-electron chi connectivity index (χ1n) is 7.10. The first-order valence-corrected chi connectivity index (χ1v) is 7.98. The largest absolute Gasteiger partial charge is 0.493 e.